The lowest BCUT2D eigenvalue weighted by atomic mass is 10.1. The molecule has 0 spiro atoms. The van der Waals surface area contributed by atoms with Gasteiger partial charge in [0.25, 0.3) is 0 Å². The van der Waals surface area contributed by atoms with Crippen LogP contribution in [0.2, 0.25) is 0 Å². The molecule has 0 fully saturated rings. The number of esters is 1. The van der Waals surface area contributed by atoms with Crippen LogP contribution in [-0.2, 0) is 11.3 Å². The number of rotatable bonds is 7. The van der Waals surface area contributed by atoms with E-state index in [1.54, 1.807) is 12.1 Å². The number of benzene rings is 2. The third-order valence-electron chi connectivity index (χ3n) is 3.38. The zero-order valence-electron chi connectivity index (χ0n) is 13.7. The van der Waals surface area contributed by atoms with E-state index in [-0.39, 0.29) is 12.6 Å². The SMILES string of the molecule is CC(C)CCOc1cc([NH3+])cc(C(=O)OCc2ccccc2)c1. The first-order valence-electron chi connectivity index (χ1n) is 7.85. The van der Waals surface area contributed by atoms with Crippen molar-refractivity contribution in [1.82, 2.24) is 0 Å². The Bertz CT molecular complexity index is 638. The van der Waals surface area contributed by atoms with Crippen molar-refractivity contribution < 1.29 is 20.0 Å². The van der Waals surface area contributed by atoms with Crippen LogP contribution in [0, 0.1) is 5.92 Å². The van der Waals surface area contributed by atoms with Crippen molar-refractivity contribution in [3.05, 3.63) is 59.7 Å². The molecule has 0 atom stereocenters. The van der Waals surface area contributed by atoms with E-state index >= 15 is 0 Å². The lowest BCUT2D eigenvalue weighted by Crippen LogP contribution is -2.40. The summed E-state index contributed by atoms with van der Waals surface area (Å²) in [5.41, 5.74) is 6.06. The molecule has 0 saturated heterocycles. The van der Waals surface area contributed by atoms with Crippen molar-refractivity contribution >= 4 is 11.7 Å². The minimum absolute atomic E-state index is 0.255. The Balaban J connectivity index is 1.97. The van der Waals surface area contributed by atoms with Crippen LogP contribution in [0.25, 0.3) is 0 Å². The molecule has 0 saturated carbocycles. The highest BCUT2D eigenvalue weighted by molar-refractivity contribution is 5.90. The first-order chi connectivity index (χ1) is 11.0. The van der Waals surface area contributed by atoms with Gasteiger partial charge in [0.1, 0.15) is 18.0 Å². The van der Waals surface area contributed by atoms with Gasteiger partial charge in [-0.15, -0.1) is 0 Å². The second-order valence-corrected chi connectivity index (χ2v) is 5.96. The molecule has 0 aromatic heterocycles. The van der Waals surface area contributed by atoms with E-state index in [9.17, 15) is 4.79 Å². The van der Waals surface area contributed by atoms with Gasteiger partial charge in [-0.1, -0.05) is 44.2 Å². The van der Waals surface area contributed by atoms with Crippen molar-refractivity contribution in [1.29, 1.82) is 0 Å². The summed E-state index contributed by atoms with van der Waals surface area (Å²) in [4.78, 5) is 12.2. The standard InChI is InChI=1S/C19H23NO3/c1-14(2)8-9-22-18-11-16(10-17(20)12-18)19(21)23-13-15-6-4-3-5-7-15/h3-7,10-12,14H,8-9,13,20H2,1-2H3/p+1. The van der Waals surface area contributed by atoms with E-state index in [4.69, 9.17) is 9.47 Å². The van der Waals surface area contributed by atoms with Crippen LogP contribution in [0.1, 0.15) is 36.2 Å². The molecule has 0 aliphatic carbocycles. The largest absolute Gasteiger partial charge is 0.493 e. The van der Waals surface area contributed by atoms with Gasteiger partial charge in [0.15, 0.2) is 0 Å². The first-order valence-corrected chi connectivity index (χ1v) is 7.85. The number of ether oxygens (including phenoxy) is 2. The summed E-state index contributed by atoms with van der Waals surface area (Å²) in [5, 5.41) is 0. The molecule has 2 rings (SSSR count). The zero-order valence-corrected chi connectivity index (χ0v) is 13.7. The van der Waals surface area contributed by atoms with Gasteiger partial charge in [0, 0.05) is 12.1 Å². The summed E-state index contributed by atoms with van der Waals surface area (Å²) in [6, 6.07) is 14.9. The molecule has 4 heteroatoms. The second kappa shape index (κ2) is 8.34. The van der Waals surface area contributed by atoms with Crippen LogP contribution in [-0.4, -0.2) is 12.6 Å². The zero-order chi connectivity index (χ0) is 16.7. The number of quaternary nitrogens is 1. The van der Waals surface area contributed by atoms with Crippen molar-refractivity contribution in [2.24, 2.45) is 5.92 Å². The summed E-state index contributed by atoms with van der Waals surface area (Å²) >= 11 is 0. The molecule has 4 nitrogen and oxygen atoms in total. The van der Waals surface area contributed by atoms with Gasteiger partial charge in [-0.3, -0.25) is 0 Å². The van der Waals surface area contributed by atoms with Gasteiger partial charge in [0.2, 0.25) is 0 Å². The maximum atomic E-state index is 12.2. The van der Waals surface area contributed by atoms with Crippen LogP contribution in [0.3, 0.4) is 0 Å². The average molecular weight is 314 g/mol. The van der Waals surface area contributed by atoms with Crippen LogP contribution in [0.15, 0.2) is 48.5 Å². The number of carbonyl (C=O) groups is 1. The summed E-state index contributed by atoms with van der Waals surface area (Å²) in [5.74, 6) is 0.867. The molecule has 0 aliphatic rings. The topological polar surface area (TPSA) is 63.2 Å². The Hall–Kier alpha value is -2.33. The minimum Gasteiger partial charge on any atom is -0.493 e. The summed E-state index contributed by atoms with van der Waals surface area (Å²) in [7, 11) is 0. The smallest absolute Gasteiger partial charge is 0.338 e. The Kier molecular flexibility index (Phi) is 6.18. The van der Waals surface area contributed by atoms with Crippen molar-refractivity contribution in [2.75, 3.05) is 6.61 Å². The van der Waals surface area contributed by atoms with E-state index in [2.05, 4.69) is 19.6 Å². The molecule has 2 aromatic rings. The fraction of sp³-hybridized carbons (Fsp3) is 0.316. The van der Waals surface area contributed by atoms with E-state index in [1.165, 1.54) is 0 Å². The van der Waals surface area contributed by atoms with E-state index < -0.39 is 0 Å². The molecule has 122 valence electrons. The van der Waals surface area contributed by atoms with Crippen molar-refractivity contribution in [3.8, 4) is 5.75 Å². The fourth-order valence-corrected chi connectivity index (χ4v) is 2.08. The third-order valence-corrected chi connectivity index (χ3v) is 3.38. The molecule has 0 heterocycles. The maximum Gasteiger partial charge on any atom is 0.338 e. The average Bonchev–Trinajstić information content (AvgIpc) is 2.52. The predicted molar refractivity (Wildman–Crippen MR) is 89.5 cm³/mol. The van der Waals surface area contributed by atoms with Crippen molar-refractivity contribution in [3.63, 3.8) is 0 Å². The monoisotopic (exact) mass is 314 g/mol. The summed E-state index contributed by atoms with van der Waals surface area (Å²) in [6.45, 7) is 5.17. The highest BCUT2D eigenvalue weighted by atomic mass is 16.5. The highest BCUT2D eigenvalue weighted by Gasteiger charge is 2.12. The molecule has 2 aromatic carbocycles. The Morgan fingerprint density at radius 2 is 1.87 bits per heavy atom. The molecule has 0 bridgehead atoms. The van der Waals surface area contributed by atoms with E-state index in [0.717, 1.165) is 17.7 Å². The molecular weight excluding hydrogens is 290 g/mol. The second-order valence-electron chi connectivity index (χ2n) is 5.96. The van der Waals surface area contributed by atoms with Crippen LogP contribution >= 0.6 is 0 Å². The van der Waals surface area contributed by atoms with Gasteiger partial charge in [-0.2, -0.15) is 0 Å². The molecule has 0 radical (unpaired) electrons. The minimum atomic E-state index is -0.368. The lowest BCUT2D eigenvalue weighted by molar-refractivity contribution is -0.254. The molecule has 3 N–H and O–H groups in total. The van der Waals surface area contributed by atoms with Gasteiger partial charge in [0.05, 0.1) is 12.2 Å². The van der Waals surface area contributed by atoms with Crippen molar-refractivity contribution in [2.45, 2.75) is 26.9 Å². The quantitative estimate of drug-likeness (QED) is 0.797. The van der Waals surface area contributed by atoms with Crippen LogP contribution < -0.4 is 10.5 Å². The Morgan fingerprint density at radius 1 is 1.13 bits per heavy atom. The normalized spacial score (nSPS) is 10.6. The molecule has 0 amide bonds. The number of hydrogen-bond acceptors (Lipinski definition) is 3. The Morgan fingerprint density at radius 3 is 2.57 bits per heavy atom. The molecule has 0 aliphatic heterocycles. The maximum absolute atomic E-state index is 12.2. The van der Waals surface area contributed by atoms with E-state index in [0.29, 0.717) is 23.8 Å². The number of carbonyl (C=O) groups excluding carboxylic acids is 1. The predicted octanol–water partition coefficient (Wildman–Crippen LogP) is 3.34. The molecule has 23 heavy (non-hydrogen) atoms. The van der Waals surface area contributed by atoms with Crippen LogP contribution in [0.5, 0.6) is 5.75 Å². The Labute approximate surface area is 137 Å². The summed E-state index contributed by atoms with van der Waals surface area (Å²) in [6.07, 6.45) is 0.967. The van der Waals surface area contributed by atoms with Gasteiger partial charge in [-0.25, -0.2) is 4.79 Å². The first kappa shape index (κ1) is 17.0. The molecule has 0 unspecified atom stereocenters. The number of hydrogen-bond donors (Lipinski definition) is 1. The van der Waals surface area contributed by atoms with Gasteiger partial charge >= 0.3 is 5.97 Å². The lowest BCUT2D eigenvalue weighted by Gasteiger charge is -2.10. The summed E-state index contributed by atoms with van der Waals surface area (Å²) < 4.78 is 11.0. The van der Waals surface area contributed by atoms with Gasteiger partial charge < -0.3 is 15.2 Å². The van der Waals surface area contributed by atoms with Gasteiger partial charge in [-0.05, 0) is 24.0 Å². The fourth-order valence-electron chi connectivity index (χ4n) is 2.08. The third kappa shape index (κ3) is 5.75. The van der Waals surface area contributed by atoms with Crippen LogP contribution in [0.4, 0.5) is 5.69 Å². The highest BCUT2D eigenvalue weighted by Crippen LogP contribution is 2.20. The van der Waals surface area contributed by atoms with E-state index in [1.807, 2.05) is 36.4 Å². The molecular formula is C19H24NO3+.